The van der Waals surface area contributed by atoms with Gasteiger partial charge < -0.3 is 4.90 Å². The first kappa shape index (κ1) is 13.5. The highest BCUT2D eigenvalue weighted by atomic mass is 32.1. The monoisotopic (exact) mass is 263 g/mol. The van der Waals surface area contributed by atoms with E-state index < -0.39 is 0 Å². The SMILES string of the molecule is Cc1ccccc1CN(C)C(=O)CC1(CS)CC1. The topological polar surface area (TPSA) is 20.3 Å². The van der Waals surface area contributed by atoms with Crippen LogP contribution >= 0.6 is 12.6 Å². The smallest absolute Gasteiger partial charge is 0.223 e. The van der Waals surface area contributed by atoms with Crippen LogP contribution in [0.4, 0.5) is 0 Å². The first-order chi connectivity index (χ1) is 8.56. The lowest BCUT2D eigenvalue weighted by atomic mass is 10.0. The van der Waals surface area contributed by atoms with Crippen LogP contribution in [0.2, 0.25) is 0 Å². The van der Waals surface area contributed by atoms with Crippen LogP contribution < -0.4 is 0 Å². The molecule has 0 bridgehead atoms. The minimum Gasteiger partial charge on any atom is -0.341 e. The maximum absolute atomic E-state index is 12.2. The Balaban J connectivity index is 1.94. The second-order valence-electron chi connectivity index (χ2n) is 5.51. The molecule has 1 amide bonds. The summed E-state index contributed by atoms with van der Waals surface area (Å²) in [6, 6.07) is 8.23. The molecule has 0 saturated heterocycles. The van der Waals surface area contributed by atoms with E-state index in [1.54, 1.807) is 0 Å². The molecule has 1 aliphatic rings. The summed E-state index contributed by atoms with van der Waals surface area (Å²) in [6.07, 6.45) is 2.96. The average Bonchev–Trinajstić information content (AvgIpc) is 3.12. The van der Waals surface area contributed by atoms with Crippen molar-refractivity contribution in [3.05, 3.63) is 35.4 Å². The number of thiol groups is 1. The van der Waals surface area contributed by atoms with Crippen molar-refractivity contribution in [2.24, 2.45) is 5.41 Å². The molecule has 0 atom stereocenters. The second kappa shape index (κ2) is 5.35. The van der Waals surface area contributed by atoms with E-state index in [-0.39, 0.29) is 11.3 Å². The molecule has 1 aromatic carbocycles. The zero-order valence-corrected chi connectivity index (χ0v) is 12.0. The Labute approximate surface area is 115 Å². The molecule has 0 radical (unpaired) electrons. The van der Waals surface area contributed by atoms with Crippen molar-refractivity contribution < 1.29 is 4.79 Å². The summed E-state index contributed by atoms with van der Waals surface area (Å²) in [4.78, 5) is 14.0. The fourth-order valence-electron chi connectivity index (χ4n) is 2.15. The number of hydrogen-bond donors (Lipinski definition) is 1. The standard InChI is InChI=1S/C15H21NOS/c1-12-5-3-4-6-13(12)10-16(2)14(17)9-15(11-18)7-8-15/h3-6,18H,7-11H2,1-2H3. The molecule has 0 spiro atoms. The lowest BCUT2D eigenvalue weighted by Gasteiger charge is -2.21. The van der Waals surface area contributed by atoms with Crippen molar-refractivity contribution >= 4 is 18.5 Å². The molecular weight excluding hydrogens is 242 g/mol. The summed E-state index contributed by atoms with van der Waals surface area (Å²) >= 11 is 4.35. The van der Waals surface area contributed by atoms with Crippen molar-refractivity contribution in [3.8, 4) is 0 Å². The molecule has 0 aliphatic heterocycles. The molecule has 1 aliphatic carbocycles. The quantitative estimate of drug-likeness (QED) is 0.810. The van der Waals surface area contributed by atoms with E-state index in [1.165, 1.54) is 11.1 Å². The van der Waals surface area contributed by atoms with Crippen LogP contribution in [-0.2, 0) is 11.3 Å². The lowest BCUT2D eigenvalue weighted by Crippen LogP contribution is -2.29. The van der Waals surface area contributed by atoms with E-state index in [4.69, 9.17) is 0 Å². The fraction of sp³-hybridized carbons (Fsp3) is 0.533. The number of benzene rings is 1. The molecule has 1 aromatic rings. The summed E-state index contributed by atoms with van der Waals surface area (Å²) in [5.41, 5.74) is 2.68. The van der Waals surface area contributed by atoms with Crippen LogP contribution in [0.5, 0.6) is 0 Å². The van der Waals surface area contributed by atoms with Gasteiger partial charge in [-0.2, -0.15) is 12.6 Å². The number of nitrogens with zero attached hydrogens (tertiary/aromatic N) is 1. The Hall–Kier alpha value is -0.960. The number of rotatable bonds is 5. The van der Waals surface area contributed by atoms with Gasteiger partial charge in [-0.1, -0.05) is 24.3 Å². The largest absolute Gasteiger partial charge is 0.341 e. The first-order valence-electron chi connectivity index (χ1n) is 6.46. The zero-order valence-electron chi connectivity index (χ0n) is 11.1. The van der Waals surface area contributed by atoms with E-state index in [9.17, 15) is 4.79 Å². The van der Waals surface area contributed by atoms with E-state index in [1.807, 2.05) is 24.1 Å². The molecule has 1 saturated carbocycles. The van der Waals surface area contributed by atoms with E-state index in [0.29, 0.717) is 13.0 Å². The second-order valence-corrected chi connectivity index (χ2v) is 5.83. The minimum absolute atomic E-state index is 0.209. The van der Waals surface area contributed by atoms with Crippen LogP contribution in [-0.4, -0.2) is 23.6 Å². The van der Waals surface area contributed by atoms with Crippen molar-refractivity contribution in [3.63, 3.8) is 0 Å². The molecule has 0 aromatic heterocycles. The molecule has 3 heteroatoms. The predicted octanol–water partition coefficient (Wildman–Crippen LogP) is 3.05. The van der Waals surface area contributed by atoms with Crippen molar-refractivity contribution in [1.82, 2.24) is 4.90 Å². The number of hydrogen-bond acceptors (Lipinski definition) is 2. The minimum atomic E-state index is 0.209. The number of carbonyl (C=O) groups excluding carboxylic acids is 1. The third kappa shape index (κ3) is 3.08. The molecule has 0 heterocycles. The van der Waals surface area contributed by atoms with E-state index in [0.717, 1.165) is 18.6 Å². The highest BCUT2D eigenvalue weighted by molar-refractivity contribution is 7.80. The van der Waals surface area contributed by atoms with Gasteiger partial charge in [0.05, 0.1) is 0 Å². The van der Waals surface area contributed by atoms with Gasteiger partial charge in [0.2, 0.25) is 5.91 Å². The zero-order chi connectivity index (χ0) is 13.2. The van der Waals surface area contributed by atoms with Gasteiger partial charge in [0.1, 0.15) is 0 Å². The number of aryl methyl sites for hydroxylation is 1. The molecular formula is C15H21NOS. The fourth-order valence-corrected chi connectivity index (χ4v) is 2.58. The van der Waals surface area contributed by atoms with Gasteiger partial charge in [-0.05, 0) is 42.1 Å². The van der Waals surface area contributed by atoms with Gasteiger partial charge >= 0.3 is 0 Å². The van der Waals surface area contributed by atoms with Gasteiger partial charge in [0.15, 0.2) is 0 Å². The van der Waals surface area contributed by atoms with Gasteiger partial charge in [0.25, 0.3) is 0 Å². The third-order valence-electron chi connectivity index (χ3n) is 3.91. The molecule has 0 N–H and O–H groups in total. The van der Waals surface area contributed by atoms with Crippen molar-refractivity contribution in [2.45, 2.75) is 32.7 Å². The van der Waals surface area contributed by atoms with Crippen LogP contribution in [0.1, 0.15) is 30.4 Å². The summed E-state index contributed by atoms with van der Waals surface area (Å²) in [6.45, 7) is 2.79. The Bertz CT molecular complexity index is 440. The van der Waals surface area contributed by atoms with Crippen molar-refractivity contribution in [2.75, 3.05) is 12.8 Å². The van der Waals surface area contributed by atoms with Crippen LogP contribution in [0.25, 0.3) is 0 Å². The lowest BCUT2D eigenvalue weighted by molar-refractivity contribution is -0.131. The molecule has 0 unspecified atom stereocenters. The average molecular weight is 263 g/mol. The predicted molar refractivity (Wildman–Crippen MR) is 77.8 cm³/mol. The van der Waals surface area contributed by atoms with Crippen LogP contribution in [0.15, 0.2) is 24.3 Å². The Morgan fingerprint density at radius 1 is 1.39 bits per heavy atom. The number of amides is 1. The first-order valence-corrected chi connectivity index (χ1v) is 7.09. The van der Waals surface area contributed by atoms with Crippen LogP contribution in [0, 0.1) is 12.3 Å². The van der Waals surface area contributed by atoms with E-state index in [2.05, 4.69) is 31.7 Å². The molecule has 18 heavy (non-hydrogen) atoms. The summed E-state index contributed by atoms with van der Waals surface area (Å²) in [7, 11) is 1.89. The van der Waals surface area contributed by atoms with Gasteiger partial charge in [-0.3, -0.25) is 4.79 Å². The molecule has 1 fully saturated rings. The van der Waals surface area contributed by atoms with Crippen molar-refractivity contribution in [1.29, 1.82) is 0 Å². The molecule has 2 nitrogen and oxygen atoms in total. The van der Waals surface area contributed by atoms with Crippen LogP contribution in [0.3, 0.4) is 0 Å². The van der Waals surface area contributed by atoms with E-state index >= 15 is 0 Å². The maximum Gasteiger partial charge on any atom is 0.223 e. The highest BCUT2D eigenvalue weighted by Crippen LogP contribution is 2.49. The van der Waals surface area contributed by atoms with Gasteiger partial charge in [-0.15, -0.1) is 0 Å². The highest BCUT2D eigenvalue weighted by Gasteiger charge is 2.43. The van der Waals surface area contributed by atoms with Gasteiger partial charge in [-0.25, -0.2) is 0 Å². The Morgan fingerprint density at radius 2 is 2.06 bits per heavy atom. The summed E-state index contributed by atoms with van der Waals surface area (Å²) in [5.74, 6) is 1.07. The molecule has 2 rings (SSSR count). The van der Waals surface area contributed by atoms with Gasteiger partial charge in [0, 0.05) is 20.0 Å². The third-order valence-corrected chi connectivity index (χ3v) is 4.58. The number of carbonyl (C=O) groups is 1. The Morgan fingerprint density at radius 3 is 2.61 bits per heavy atom. The maximum atomic E-state index is 12.2. The normalized spacial score (nSPS) is 16.4. The summed E-state index contributed by atoms with van der Waals surface area (Å²) < 4.78 is 0. The molecule has 98 valence electrons. The Kier molecular flexibility index (Phi) is 4.00. The summed E-state index contributed by atoms with van der Waals surface area (Å²) in [5, 5.41) is 0.